The average Bonchev–Trinajstić information content (AvgIpc) is 1.59. The van der Waals surface area contributed by atoms with E-state index in [-0.39, 0.29) is 165 Å². The number of aromatic amines is 1. The molecule has 2 aliphatic carbocycles. The third-order valence-corrected chi connectivity index (χ3v) is 26.3. The van der Waals surface area contributed by atoms with Crippen LogP contribution in [0.15, 0.2) is 220 Å². The molecule has 0 saturated heterocycles. The number of alkyl carbamates (subject to hydrolysis) is 2. The van der Waals surface area contributed by atoms with Crippen LogP contribution in [0.5, 0.6) is 23.0 Å². The summed E-state index contributed by atoms with van der Waals surface area (Å²) in [5, 5.41) is 52.2. The van der Waals surface area contributed by atoms with Gasteiger partial charge in [-0.3, -0.25) is 53.6 Å². The Morgan fingerprint density at radius 2 is 1.16 bits per heavy atom. The quantitative estimate of drug-likeness (QED) is 0.00321. The van der Waals surface area contributed by atoms with Crippen molar-refractivity contribution in [2.75, 3.05) is 64.3 Å². The van der Waals surface area contributed by atoms with Gasteiger partial charge in [0.05, 0.1) is 36.1 Å². The number of phenols is 2. The number of hydrogen-bond donors (Lipinski definition) is 12. The Morgan fingerprint density at radius 1 is 0.617 bits per heavy atom. The summed E-state index contributed by atoms with van der Waals surface area (Å²) in [5.41, 5.74) is 10.7. The molecule has 0 saturated carbocycles. The molecule has 14 rings (SSSR count). The number of ether oxygens (including phenoxy) is 4. The number of carbonyl (C=O) groups is 8. The molecule has 4 atom stereocenters. The molecule has 0 spiro atoms. The smallest absolute Gasteiger partial charge is 0.507 e. The summed E-state index contributed by atoms with van der Waals surface area (Å²) >= 11 is 0. The summed E-state index contributed by atoms with van der Waals surface area (Å²) < 4.78 is 56.6. The SMILES string of the molecule is Cc1nc2ccc3ccc(CN(C(=O)OCC4c5ccccc5-c5ccccc54)c4ccc5c(c4)CN(C(CCC(=O)NCCCC(N=Cc4cc(OP(=O)(O)O)ccc4O)C(CCCNC(=O)OCc4ccc(SSCC(NC(=O)OCC6c7ccccc7-c7ccccc76)C(=O)N(C)C)c(CCOCC(=O)O)c4)N=Cc4cc(OP(=O)(O)O)ccc4O)C(=O)O)C5=O)cc3c2c(=O)[nH]1.[Cu+2].[Fm].[Fm].[Fm].[Fm].[Fm]. The molecule has 11 aromatic rings. The number of aliphatic imine (C=N–C) groups is 2. The van der Waals surface area contributed by atoms with Crippen LogP contribution in [-0.4, -0.2) is 204 Å². The second-order valence-corrected chi connectivity index (χ2v) is 37.1. The zero-order chi connectivity index (χ0) is 95.8. The first-order valence-corrected chi connectivity index (χ1v) is 48.3. The molecule has 45 heteroatoms. The summed E-state index contributed by atoms with van der Waals surface area (Å²) in [7, 11) is -4.57. The number of hydrogen-bond acceptors (Lipinski definition) is 24. The van der Waals surface area contributed by atoms with Crippen LogP contribution in [0.4, 0.5) is 20.1 Å². The molecular weight excluding hydrogens is 3170 g/mol. The molecular formula is C96H96CuFm5N10O25P2S2+2. The van der Waals surface area contributed by atoms with E-state index in [1.807, 2.05) is 121 Å². The molecule has 6 amide bonds. The molecule has 141 heavy (non-hydrogen) atoms. The number of amides is 6. The number of nitrogens with one attached hydrogen (secondary N) is 4. The maximum atomic E-state index is 14.9. The number of aromatic hydroxyl groups is 2. The van der Waals surface area contributed by atoms with Crippen molar-refractivity contribution in [1.82, 2.24) is 35.7 Å². The van der Waals surface area contributed by atoms with Crippen molar-refractivity contribution in [2.45, 2.75) is 112 Å². The van der Waals surface area contributed by atoms with Crippen molar-refractivity contribution in [3.8, 4) is 45.3 Å². The van der Waals surface area contributed by atoms with Crippen LogP contribution in [0.3, 0.4) is 0 Å². The van der Waals surface area contributed by atoms with Gasteiger partial charge in [-0.2, -0.15) is 0 Å². The van der Waals surface area contributed by atoms with E-state index in [9.17, 15) is 92.3 Å². The van der Waals surface area contributed by atoms with Crippen molar-refractivity contribution in [3.05, 3.63) is 278 Å². The van der Waals surface area contributed by atoms with E-state index in [1.54, 1.807) is 57.4 Å². The number of carboxylic acid groups (broad SMARTS) is 2. The predicted molar refractivity (Wildman–Crippen MR) is 504 cm³/mol. The van der Waals surface area contributed by atoms with Crippen molar-refractivity contribution in [1.29, 1.82) is 0 Å². The fraction of sp³-hybridized carbons (Fsp3) is 0.271. The van der Waals surface area contributed by atoms with Crippen molar-refractivity contribution < 1.29 is 133 Å². The molecule has 4 unspecified atom stereocenters. The first-order chi connectivity index (χ1) is 64.8. The van der Waals surface area contributed by atoms with Gasteiger partial charge < -0.3 is 79.2 Å². The number of carbonyl (C=O) groups excluding carboxylic acids is 6. The van der Waals surface area contributed by atoms with E-state index in [0.717, 1.165) is 91.2 Å². The second kappa shape index (κ2) is 47.8. The number of anilines is 1. The molecule has 1 aliphatic heterocycles. The average molecular weight is 3260 g/mol. The van der Waals surface area contributed by atoms with E-state index in [2.05, 4.69) is 25.9 Å². The molecule has 35 nitrogen and oxygen atoms in total. The number of nitrogens with zero attached hydrogens (tertiary/aromatic N) is 6. The fourth-order valence-electron chi connectivity index (χ4n) is 16.6. The van der Waals surface area contributed by atoms with Crippen LogP contribution < -0.4 is 35.5 Å². The topological polar surface area (TPSA) is 504 Å². The number of likely N-dealkylation sites (N-methyl/N-ethyl adjacent to an activating group) is 1. The predicted octanol–water partition coefficient (Wildman–Crippen LogP) is 13.8. The Balaban J connectivity index is 0.00000406. The summed E-state index contributed by atoms with van der Waals surface area (Å²) in [6, 6.07) is 52.6. The van der Waals surface area contributed by atoms with Crippen LogP contribution >= 0.6 is 37.2 Å². The summed E-state index contributed by atoms with van der Waals surface area (Å²) in [6.45, 7) is 0.345. The number of phenolic OH excluding ortho intramolecular Hbond substituents is 2. The van der Waals surface area contributed by atoms with E-state index >= 15 is 0 Å². The summed E-state index contributed by atoms with van der Waals surface area (Å²) in [4.78, 5) is 182. The molecule has 771 valence electrons. The van der Waals surface area contributed by atoms with Crippen molar-refractivity contribution in [2.24, 2.45) is 9.98 Å². The van der Waals surface area contributed by atoms with Gasteiger partial charge in [0.25, 0.3) is 11.5 Å². The normalized spacial score (nSPS) is 13.1. The molecule has 10 aromatic carbocycles. The van der Waals surface area contributed by atoms with E-state index in [4.69, 9.17) is 38.0 Å². The van der Waals surface area contributed by atoms with Gasteiger partial charge in [-0.25, -0.2) is 38.1 Å². The zero-order valence-corrected chi connectivity index (χ0v) is 91.2. The number of H-pyrrole nitrogens is 1. The molecule has 1 radical (unpaired) electrons. The van der Waals surface area contributed by atoms with Crippen LogP contribution in [0, 0.1) is 6.92 Å². The number of aryl methyl sites for hydroxylation is 1. The van der Waals surface area contributed by atoms with E-state index in [1.165, 1.54) is 49.9 Å². The Morgan fingerprint density at radius 3 is 1.70 bits per heavy atom. The molecule has 0 fully saturated rings. The molecule has 3 aliphatic rings. The monoisotopic (exact) mass is 3260 g/mol. The minimum atomic E-state index is -5.13. The van der Waals surface area contributed by atoms with E-state index < -0.39 is 106 Å². The number of aromatic nitrogens is 2. The van der Waals surface area contributed by atoms with Crippen LogP contribution in [0.2, 0.25) is 0 Å². The largest absolute Gasteiger partial charge is 2.00 e. The minimum Gasteiger partial charge on any atom is -0.507 e. The maximum absolute atomic E-state index is 14.9. The van der Waals surface area contributed by atoms with Gasteiger partial charge in [-0.1, -0.05) is 149 Å². The van der Waals surface area contributed by atoms with Gasteiger partial charge >= 0.3 is 62.9 Å². The summed E-state index contributed by atoms with van der Waals surface area (Å²) in [5.74, 6) is -5.77. The van der Waals surface area contributed by atoms with Gasteiger partial charge in [0.15, 0.2) is 0 Å². The number of carboxylic acids is 2. The second-order valence-electron chi connectivity index (χ2n) is 32.4. The van der Waals surface area contributed by atoms with Crippen molar-refractivity contribution >= 4 is 125 Å². The van der Waals surface area contributed by atoms with Crippen molar-refractivity contribution in [3.63, 3.8) is 0 Å². The van der Waals surface area contributed by atoms with Crippen LogP contribution in [0.1, 0.15) is 122 Å². The first kappa shape index (κ1) is 108. The number of phosphoric acid groups is 2. The van der Waals surface area contributed by atoms with Gasteiger partial charge in [0.1, 0.15) is 67.3 Å². The molecule has 12 N–H and O–H groups in total. The Hall–Kier alpha value is -18.2. The standard InChI is InChI=1S/C96H96N10O25P2S2.Cu.5Fm/c1-56-101-81-32-27-59-26-24-57(43-76(59)89(81)90(112)102-56)49-105(96(119)129-53-78-74-20-10-6-16-70(74)71-17-7-11-21-75(71)78)64-28-31-67-63(44-64)50-106(91(67)113)83(93(115)116)33-37-87(109)97-39-12-22-79(99-47-61-45-65(29-34-84(61)107)130-132(120,121)122)80(100-48-62-46-66(30-35-85(62)108)131-133(123,124)125)23-13-40-98-94(117)127-51-58-25-36-86(60(42-58)38-41-126-54-88(110)111)135-134-55-82(92(114)104(2)3)103-95(118)128-52-77-72-18-8-4-14-68(72)69-15-5-9-19-73(69)77;;;;;;/h4-11,14-21,24-32,34-36,42-48,77-80,82-83,107-108H,12-13,22-23,33,37-41,49-55H2,1-3H3,(H,97,109)(H,98,117)(H,103,118)(H,110,111)(H,115,116)(H,101,102,112)(H2,120,121,122)(H2,123,124,125);;;;;;/q;+2;;;;;. The molecule has 0 bridgehead atoms. The van der Waals surface area contributed by atoms with Gasteiger partial charge in [-0.15, -0.1) is 0 Å². The summed E-state index contributed by atoms with van der Waals surface area (Å²) in [6.07, 6.45) is -0.308. The molecule has 2 heterocycles. The zero-order valence-electron chi connectivity index (χ0n) is 74.8. The Labute approximate surface area is 797 Å². The number of benzene rings is 10. The number of fused-ring (bicyclic) bond motifs is 10. The number of phosphoric ester groups is 2. The minimum absolute atomic E-state index is 0. The van der Waals surface area contributed by atoms with Gasteiger partial charge in [0.2, 0.25) is 11.8 Å². The maximum Gasteiger partial charge on any atom is 2.00 e. The van der Waals surface area contributed by atoms with Gasteiger partial charge in [0, 0.05) is 97.4 Å². The van der Waals surface area contributed by atoms with Crippen LogP contribution in [-0.2, 0) is 90.4 Å². The number of aliphatic carboxylic acids is 2. The third-order valence-electron chi connectivity index (χ3n) is 22.9. The molecule has 1 aromatic heterocycles. The van der Waals surface area contributed by atoms with Gasteiger partial charge in [-0.05, 0) is 196 Å². The third kappa shape index (κ3) is 26.9. The fourth-order valence-corrected chi connectivity index (χ4v) is 19.8. The first-order valence-electron chi connectivity index (χ1n) is 42.9. The Bertz CT molecular complexity index is 6520. The number of rotatable bonds is 42. The van der Waals surface area contributed by atoms with E-state index in [0.29, 0.717) is 55.0 Å². The Kier molecular flexibility index (Phi) is 36.7. The van der Waals surface area contributed by atoms with Crippen LogP contribution in [0.25, 0.3) is 43.9 Å².